The Bertz CT molecular complexity index is 476. The fourth-order valence-electron chi connectivity index (χ4n) is 2.60. The average Bonchev–Trinajstić information content (AvgIpc) is 2.49. The second-order valence-electron chi connectivity index (χ2n) is 5.62. The van der Waals surface area contributed by atoms with Crippen molar-refractivity contribution in [3.05, 3.63) is 35.6 Å². The highest BCUT2D eigenvalue weighted by Gasteiger charge is 2.38. The predicted molar refractivity (Wildman–Crippen MR) is 86.3 cm³/mol. The van der Waals surface area contributed by atoms with Crippen molar-refractivity contribution >= 4 is 18.3 Å². The molecule has 2 N–H and O–H groups in total. The van der Waals surface area contributed by atoms with Crippen molar-refractivity contribution in [2.45, 2.75) is 38.3 Å². The van der Waals surface area contributed by atoms with Gasteiger partial charge in [0.15, 0.2) is 0 Å². The van der Waals surface area contributed by atoms with Crippen LogP contribution in [0.4, 0.5) is 4.39 Å². The summed E-state index contributed by atoms with van der Waals surface area (Å²) in [5, 5.41) is 0. The topological polar surface area (TPSA) is 55.6 Å². The molecule has 0 saturated carbocycles. The molecule has 0 spiro atoms. The molecule has 124 valence electrons. The number of carbonyl (C=O) groups is 1. The number of nitrogens with zero attached hydrogens (tertiary/aromatic N) is 1. The lowest BCUT2D eigenvalue weighted by molar-refractivity contribution is -0.141. The molecule has 1 aliphatic rings. The minimum Gasteiger partial charge on any atom is -0.381 e. The van der Waals surface area contributed by atoms with Crippen molar-refractivity contribution in [1.29, 1.82) is 0 Å². The van der Waals surface area contributed by atoms with Gasteiger partial charge in [-0.15, -0.1) is 12.4 Å². The molecule has 22 heavy (non-hydrogen) atoms. The summed E-state index contributed by atoms with van der Waals surface area (Å²) in [5.74, 6) is -0.302. The predicted octanol–water partition coefficient (Wildman–Crippen LogP) is 2.49. The van der Waals surface area contributed by atoms with Crippen LogP contribution in [0, 0.1) is 5.82 Å². The molecule has 1 aliphatic heterocycles. The van der Waals surface area contributed by atoms with Crippen LogP contribution in [0.3, 0.4) is 0 Å². The van der Waals surface area contributed by atoms with Gasteiger partial charge in [0, 0.05) is 26.3 Å². The Balaban J connectivity index is 0.00000242. The third kappa shape index (κ3) is 4.66. The van der Waals surface area contributed by atoms with E-state index in [0.717, 1.165) is 12.0 Å². The van der Waals surface area contributed by atoms with Crippen LogP contribution >= 0.6 is 12.4 Å². The summed E-state index contributed by atoms with van der Waals surface area (Å²) < 4.78 is 18.3. The van der Waals surface area contributed by atoms with Crippen LogP contribution in [0.25, 0.3) is 0 Å². The molecule has 6 heteroatoms. The summed E-state index contributed by atoms with van der Waals surface area (Å²) in [5.41, 5.74) is 6.37. The third-order valence-electron chi connectivity index (χ3n) is 3.88. The molecule has 0 aromatic heterocycles. The van der Waals surface area contributed by atoms with E-state index in [1.54, 1.807) is 17.0 Å². The molecular weight excluding hydrogens is 307 g/mol. The van der Waals surface area contributed by atoms with Gasteiger partial charge in [0.1, 0.15) is 5.82 Å². The summed E-state index contributed by atoms with van der Waals surface area (Å²) >= 11 is 0. The first-order valence-corrected chi connectivity index (χ1v) is 7.45. The molecule has 2 rings (SSSR count). The van der Waals surface area contributed by atoms with Crippen molar-refractivity contribution in [3.8, 4) is 0 Å². The molecular formula is C16H24ClFN2O2. The standard InChI is InChI=1S/C16H23FN2O2.ClH/c1-2-9-19(12-13-3-5-14(17)6-4-13)15(20)16(18)7-10-21-11-8-16;/h3-6H,2,7-12,18H2,1H3;1H. The Hall–Kier alpha value is -1.17. The van der Waals surface area contributed by atoms with Gasteiger partial charge in [-0.3, -0.25) is 4.79 Å². The van der Waals surface area contributed by atoms with Gasteiger partial charge in [0.2, 0.25) is 5.91 Å². The van der Waals surface area contributed by atoms with Gasteiger partial charge < -0.3 is 15.4 Å². The minimum absolute atomic E-state index is 0. The largest absolute Gasteiger partial charge is 0.381 e. The molecule has 0 bridgehead atoms. The zero-order valence-corrected chi connectivity index (χ0v) is 13.7. The van der Waals surface area contributed by atoms with Gasteiger partial charge >= 0.3 is 0 Å². The van der Waals surface area contributed by atoms with Gasteiger partial charge in [0.25, 0.3) is 0 Å². The smallest absolute Gasteiger partial charge is 0.243 e. The lowest BCUT2D eigenvalue weighted by atomic mass is 9.89. The van der Waals surface area contributed by atoms with E-state index in [1.807, 2.05) is 6.92 Å². The number of halogens is 2. The molecule has 0 unspecified atom stereocenters. The van der Waals surface area contributed by atoms with E-state index >= 15 is 0 Å². The van der Waals surface area contributed by atoms with E-state index in [0.29, 0.717) is 39.1 Å². The fourth-order valence-corrected chi connectivity index (χ4v) is 2.60. The Labute approximate surface area is 137 Å². The first-order valence-electron chi connectivity index (χ1n) is 7.45. The summed E-state index contributed by atoms with van der Waals surface area (Å²) in [6, 6.07) is 6.24. The quantitative estimate of drug-likeness (QED) is 0.902. The SMILES string of the molecule is CCCN(Cc1ccc(F)cc1)C(=O)C1(N)CCOCC1.Cl. The second kappa shape index (κ2) is 8.46. The summed E-state index contributed by atoms with van der Waals surface area (Å²) in [4.78, 5) is 14.5. The van der Waals surface area contributed by atoms with Gasteiger partial charge in [-0.2, -0.15) is 0 Å². The van der Waals surface area contributed by atoms with E-state index in [2.05, 4.69) is 0 Å². The van der Waals surface area contributed by atoms with E-state index < -0.39 is 5.54 Å². The zero-order valence-electron chi connectivity index (χ0n) is 12.9. The Morgan fingerprint density at radius 1 is 1.32 bits per heavy atom. The van der Waals surface area contributed by atoms with Crippen LogP contribution in [0.1, 0.15) is 31.7 Å². The first-order chi connectivity index (χ1) is 10.0. The zero-order chi connectivity index (χ0) is 15.3. The average molecular weight is 331 g/mol. The molecule has 0 radical (unpaired) electrons. The number of hydrogen-bond acceptors (Lipinski definition) is 3. The van der Waals surface area contributed by atoms with Crippen LogP contribution in [0.5, 0.6) is 0 Å². The maximum atomic E-state index is 13.0. The first kappa shape index (κ1) is 18.9. The van der Waals surface area contributed by atoms with E-state index in [4.69, 9.17) is 10.5 Å². The van der Waals surface area contributed by atoms with E-state index in [1.165, 1.54) is 12.1 Å². The molecule has 1 aromatic rings. The molecule has 1 amide bonds. The number of ether oxygens (including phenoxy) is 1. The van der Waals surface area contributed by atoms with Crippen LogP contribution in [-0.4, -0.2) is 36.1 Å². The fraction of sp³-hybridized carbons (Fsp3) is 0.562. The van der Waals surface area contributed by atoms with Crippen LogP contribution < -0.4 is 5.73 Å². The minimum atomic E-state index is -0.826. The maximum Gasteiger partial charge on any atom is 0.243 e. The number of nitrogens with two attached hydrogens (primary N) is 1. The molecule has 1 heterocycles. The number of carbonyl (C=O) groups excluding carboxylic acids is 1. The summed E-state index contributed by atoms with van der Waals surface area (Å²) in [6.07, 6.45) is 1.96. The highest BCUT2D eigenvalue weighted by Crippen LogP contribution is 2.22. The van der Waals surface area contributed by atoms with E-state index in [9.17, 15) is 9.18 Å². The number of amides is 1. The number of hydrogen-bond donors (Lipinski definition) is 1. The number of rotatable bonds is 5. The van der Waals surface area contributed by atoms with Crippen molar-refractivity contribution in [1.82, 2.24) is 4.90 Å². The lowest BCUT2D eigenvalue weighted by Gasteiger charge is -2.36. The molecule has 1 saturated heterocycles. The normalized spacial score (nSPS) is 16.7. The van der Waals surface area contributed by atoms with Crippen LogP contribution in [0.2, 0.25) is 0 Å². The third-order valence-corrected chi connectivity index (χ3v) is 3.88. The summed E-state index contributed by atoms with van der Waals surface area (Å²) in [6.45, 7) is 4.19. The Morgan fingerprint density at radius 2 is 1.91 bits per heavy atom. The van der Waals surface area contributed by atoms with Crippen LogP contribution in [-0.2, 0) is 16.1 Å². The Morgan fingerprint density at radius 3 is 2.45 bits per heavy atom. The Kier molecular flexibility index (Phi) is 7.26. The lowest BCUT2D eigenvalue weighted by Crippen LogP contribution is -2.58. The molecule has 0 aliphatic carbocycles. The maximum absolute atomic E-state index is 13.0. The van der Waals surface area contributed by atoms with Crippen LogP contribution in [0.15, 0.2) is 24.3 Å². The molecule has 0 atom stereocenters. The highest BCUT2D eigenvalue weighted by atomic mass is 35.5. The highest BCUT2D eigenvalue weighted by molar-refractivity contribution is 5.86. The van der Waals surface area contributed by atoms with Gasteiger partial charge in [-0.05, 0) is 37.0 Å². The van der Waals surface area contributed by atoms with Crippen molar-refractivity contribution in [2.24, 2.45) is 5.73 Å². The second-order valence-corrected chi connectivity index (χ2v) is 5.62. The van der Waals surface area contributed by atoms with Gasteiger partial charge in [-0.25, -0.2) is 4.39 Å². The molecule has 1 fully saturated rings. The van der Waals surface area contributed by atoms with Crippen molar-refractivity contribution < 1.29 is 13.9 Å². The van der Waals surface area contributed by atoms with Gasteiger partial charge in [0.05, 0.1) is 5.54 Å². The van der Waals surface area contributed by atoms with Crippen molar-refractivity contribution in [2.75, 3.05) is 19.8 Å². The van der Waals surface area contributed by atoms with E-state index in [-0.39, 0.29) is 24.1 Å². The van der Waals surface area contributed by atoms with Gasteiger partial charge in [-0.1, -0.05) is 19.1 Å². The molecule has 4 nitrogen and oxygen atoms in total. The monoisotopic (exact) mass is 330 g/mol. The number of benzene rings is 1. The summed E-state index contributed by atoms with van der Waals surface area (Å²) in [7, 11) is 0. The van der Waals surface area contributed by atoms with Crippen molar-refractivity contribution in [3.63, 3.8) is 0 Å². The molecule has 1 aromatic carbocycles.